The van der Waals surface area contributed by atoms with Gasteiger partial charge in [0.2, 0.25) is 0 Å². The predicted octanol–water partition coefficient (Wildman–Crippen LogP) is 3.27. The Kier molecular flexibility index (Phi) is 6.00. The highest BCUT2D eigenvalue weighted by Crippen LogP contribution is 2.30. The Morgan fingerprint density at radius 2 is 1.48 bits per heavy atom. The fraction of sp³-hybridized carbons (Fsp3) is 0.263. The topological polar surface area (TPSA) is 71.1 Å². The number of benzene rings is 2. The molecule has 0 N–H and O–H groups in total. The predicted molar refractivity (Wildman–Crippen MR) is 91.7 cm³/mol. The van der Waals surface area contributed by atoms with Crippen LogP contribution in [0.1, 0.15) is 33.2 Å². The first kappa shape index (κ1) is 18.3. The first-order chi connectivity index (χ1) is 12.0. The van der Waals surface area contributed by atoms with Gasteiger partial charge in [-0.2, -0.15) is 0 Å². The van der Waals surface area contributed by atoms with Crippen molar-refractivity contribution in [3.05, 3.63) is 53.1 Å². The molecule has 0 amide bonds. The molecular formula is C19H20O6. The van der Waals surface area contributed by atoms with Crippen LogP contribution in [-0.2, 0) is 11.3 Å². The molecule has 0 spiro atoms. The molecule has 0 unspecified atom stereocenters. The molecule has 0 heterocycles. The summed E-state index contributed by atoms with van der Waals surface area (Å²) in [7, 11) is 4.44. The molecule has 25 heavy (non-hydrogen) atoms. The summed E-state index contributed by atoms with van der Waals surface area (Å²) >= 11 is 0. The van der Waals surface area contributed by atoms with E-state index in [0.717, 1.165) is 0 Å². The average molecular weight is 344 g/mol. The van der Waals surface area contributed by atoms with Crippen LogP contribution in [-0.4, -0.2) is 33.1 Å². The summed E-state index contributed by atoms with van der Waals surface area (Å²) in [6.45, 7) is 1.42. The maximum absolute atomic E-state index is 12.5. The minimum absolute atomic E-state index is 0.0513. The Hall–Kier alpha value is -3.02. The third-order valence-electron chi connectivity index (χ3n) is 3.68. The highest BCUT2D eigenvalue weighted by molar-refractivity contribution is 5.96. The summed E-state index contributed by atoms with van der Waals surface area (Å²) in [5.41, 5.74) is 1.31. The monoisotopic (exact) mass is 344 g/mol. The van der Waals surface area contributed by atoms with E-state index >= 15 is 0 Å². The van der Waals surface area contributed by atoms with Crippen LogP contribution in [0.4, 0.5) is 0 Å². The maximum atomic E-state index is 12.5. The lowest BCUT2D eigenvalue weighted by molar-refractivity contribution is 0.0462. The van der Waals surface area contributed by atoms with E-state index in [4.69, 9.17) is 18.9 Å². The van der Waals surface area contributed by atoms with E-state index < -0.39 is 5.97 Å². The fourth-order valence-corrected chi connectivity index (χ4v) is 2.38. The molecule has 0 fully saturated rings. The van der Waals surface area contributed by atoms with Crippen LogP contribution in [0.2, 0.25) is 0 Å². The minimum Gasteiger partial charge on any atom is -0.496 e. The molecule has 0 atom stereocenters. The van der Waals surface area contributed by atoms with Gasteiger partial charge >= 0.3 is 5.97 Å². The third-order valence-corrected chi connectivity index (χ3v) is 3.68. The molecule has 0 saturated heterocycles. The zero-order valence-corrected chi connectivity index (χ0v) is 14.6. The number of rotatable bonds is 7. The van der Waals surface area contributed by atoms with Crippen LogP contribution in [0, 0.1) is 0 Å². The molecule has 0 aliphatic rings. The zero-order chi connectivity index (χ0) is 18.4. The van der Waals surface area contributed by atoms with Gasteiger partial charge in [0.15, 0.2) is 5.78 Å². The van der Waals surface area contributed by atoms with E-state index in [1.807, 2.05) is 0 Å². The smallest absolute Gasteiger partial charge is 0.346 e. The second-order valence-electron chi connectivity index (χ2n) is 5.20. The summed E-state index contributed by atoms with van der Waals surface area (Å²) in [4.78, 5) is 24.0. The highest BCUT2D eigenvalue weighted by Gasteiger charge is 2.20. The van der Waals surface area contributed by atoms with Gasteiger partial charge < -0.3 is 18.9 Å². The summed E-state index contributed by atoms with van der Waals surface area (Å²) in [5.74, 6) is 0.568. The van der Waals surface area contributed by atoms with E-state index in [0.29, 0.717) is 28.4 Å². The van der Waals surface area contributed by atoms with E-state index in [1.54, 1.807) is 36.4 Å². The second kappa shape index (κ2) is 8.19. The van der Waals surface area contributed by atoms with Gasteiger partial charge in [-0.1, -0.05) is 6.07 Å². The number of carbonyl (C=O) groups excluding carboxylic acids is 2. The first-order valence-electron chi connectivity index (χ1n) is 7.57. The molecule has 0 aromatic heterocycles. The number of carbonyl (C=O) groups is 2. The van der Waals surface area contributed by atoms with Crippen molar-refractivity contribution in [3.8, 4) is 17.2 Å². The first-order valence-corrected chi connectivity index (χ1v) is 7.57. The number of ketones is 1. The lowest BCUT2D eigenvalue weighted by atomic mass is 10.1. The Bertz CT molecular complexity index is 759. The van der Waals surface area contributed by atoms with E-state index in [9.17, 15) is 9.59 Å². The normalized spacial score (nSPS) is 10.1. The van der Waals surface area contributed by atoms with Crippen molar-refractivity contribution >= 4 is 11.8 Å². The SMILES string of the molecule is COc1ccc(C(C)=O)cc1COC(=O)c1c(OC)cccc1OC. The number of hydrogen-bond donors (Lipinski definition) is 0. The molecule has 6 heteroatoms. The summed E-state index contributed by atoms with van der Waals surface area (Å²) in [5, 5.41) is 0. The molecule has 2 aromatic rings. The molecule has 132 valence electrons. The molecule has 2 rings (SSSR count). The molecule has 0 bridgehead atoms. The van der Waals surface area contributed by atoms with Gasteiger partial charge in [0.25, 0.3) is 0 Å². The standard InChI is InChI=1S/C19H20O6/c1-12(20)13-8-9-15(22-2)14(10-13)11-25-19(21)18-16(23-3)6-5-7-17(18)24-4/h5-10H,11H2,1-4H3. The van der Waals surface area contributed by atoms with Gasteiger partial charge in [0, 0.05) is 11.1 Å². The number of ether oxygens (including phenoxy) is 4. The van der Waals surface area contributed by atoms with Gasteiger partial charge in [0.1, 0.15) is 29.4 Å². The van der Waals surface area contributed by atoms with E-state index in [2.05, 4.69) is 0 Å². The van der Waals surface area contributed by atoms with Gasteiger partial charge in [0.05, 0.1) is 21.3 Å². The molecule has 2 aromatic carbocycles. The number of methoxy groups -OCH3 is 3. The molecule has 0 aliphatic carbocycles. The maximum Gasteiger partial charge on any atom is 0.346 e. The second-order valence-corrected chi connectivity index (χ2v) is 5.20. The van der Waals surface area contributed by atoms with Crippen LogP contribution >= 0.6 is 0 Å². The Labute approximate surface area is 146 Å². The van der Waals surface area contributed by atoms with Crippen LogP contribution in [0.15, 0.2) is 36.4 Å². The van der Waals surface area contributed by atoms with Crippen LogP contribution in [0.25, 0.3) is 0 Å². The van der Waals surface area contributed by atoms with Crippen molar-refractivity contribution in [2.24, 2.45) is 0 Å². The van der Waals surface area contributed by atoms with Crippen molar-refractivity contribution < 1.29 is 28.5 Å². The lowest BCUT2D eigenvalue weighted by Crippen LogP contribution is -2.10. The molecule has 0 aliphatic heterocycles. The summed E-state index contributed by atoms with van der Waals surface area (Å²) in [6, 6.07) is 9.99. The molecule has 0 radical (unpaired) electrons. The van der Waals surface area contributed by atoms with Crippen LogP contribution in [0.3, 0.4) is 0 Å². The quantitative estimate of drug-likeness (QED) is 0.567. The van der Waals surface area contributed by atoms with Gasteiger partial charge in [-0.05, 0) is 37.3 Å². The van der Waals surface area contributed by atoms with Gasteiger partial charge in [-0.3, -0.25) is 4.79 Å². The van der Waals surface area contributed by atoms with Gasteiger partial charge in [-0.25, -0.2) is 4.79 Å². The average Bonchev–Trinajstić information content (AvgIpc) is 2.64. The highest BCUT2D eigenvalue weighted by atomic mass is 16.5. The number of hydrogen-bond acceptors (Lipinski definition) is 6. The Balaban J connectivity index is 2.26. The minimum atomic E-state index is -0.593. The largest absolute Gasteiger partial charge is 0.496 e. The lowest BCUT2D eigenvalue weighted by Gasteiger charge is -2.14. The van der Waals surface area contributed by atoms with Crippen molar-refractivity contribution in [2.75, 3.05) is 21.3 Å². The summed E-state index contributed by atoms with van der Waals surface area (Å²) < 4.78 is 21.1. The van der Waals surface area contributed by atoms with Gasteiger partial charge in [-0.15, -0.1) is 0 Å². The fourth-order valence-electron chi connectivity index (χ4n) is 2.38. The zero-order valence-electron chi connectivity index (χ0n) is 14.6. The van der Waals surface area contributed by atoms with Crippen molar-refractivity contribution in [1.82, 2.24) is 0 Å². The van der Waals surface area contributed by atoms with E-state index in [1.165, 1.54) is 28.3 Å². The third kappa shape index (κ3) is 4.09. The number of esters is 1. The van der Waals surface area contributed by atoms with Crippen molar-refractivity contribution in [2.45, 2.75) is 13.5 Å². The Morgan fingerprint density at radius 3 is 2.00 bits per heavy atom. The molecule has 6 nitrogen and oxygen atoms in total. The Morgan fingerprint density at radius 1 is 0.880 bits per heavy atom. The van der Waals surface area contributed by atoms with Crippen molar-refractivity contribution in [3.63, 3.8) is 0 Å². The molecule has 0 saturated carbocycles. The molecular weight excluding hydrogens is 324 g/mol. The van der Waals surface area contributed by atoms with Crippen LogP contribution < -0.4 is 14.2 Å². The summed E-state index contributed by atoms with van der Waals surface area (Å²) in [6.07, 6.45) is 0. The van der Waals surface area contributed by atoms with Crippen molar-refractivity contribution in [1.29, 1.82) is 0 Å². The number of Topliss-reactive ketones (excluding diaryl/α,β-unsaturated/α-hetero) is 1. The van der Waals surface area contributed by atoms with E-state index in [-0.39, 0.29) is 18.0 Å². The van der Waals surface area contributed by atoms with Crippen LogP contribution in [0.5, 0.6) is 17.2 Å².